The van der Waals surface area contributed by atoms with Crippen LogP contribution in [0.3, 0.4) is 0 Å². The maximum absolute atomic E-state index is 6.24. The van der Waals surface area contributed by atoms with Gasteiger partial charge in [-0.15, -0.1) is 0 Å². The van der Waals surface area contributed by atoms with Crippen LogP contribution in [0.25, 0.3) is 0 Å². The molecule has 1 unspecified atom stereocenters. The molecule has 0 aromatic heterocycles. The van der Waals surface area contributed by atoms with Gasteiger partial charge in [-0.3, -0.25) is 0 Å². The maximum Gasteiger partial charge on any atom is 0.0595 e. The van der Waals surface area contributed by atoms with Crippen LogP contribution in [0.1, 0.15) is 30.9 Å². The molecule has 1 aromatic carbocycles. The van der Waals surface area contributed by atoms with Crippen molar-refractivity contribution in [3.63, 3.8) is 0 Å². The van der Waals surface area contributed by atoms with Gasteiger partial charge in [-0.05, 0) is 54.4 Å². The fourth-order valence-electron chi connectivity index (χ4n) is 2.22. The zero-order valence-corrected chi connectivity index (χ0v) is 12.0. The highest BCUT2D eigenvalue weighted by atomic mass is 35.5. The van der Waals surface area contributed by atoms with E-state index in [1.165, 1.54) is 24.3 Å². The monoisotopic (exact) mass is 289 g/mol. The molecule has 17 heavy (non-hydrogen) atoms. The summed E-state index contributed by atoms with van der Waals surface area (Å²) in [5.41, 5.74) is 7.33. The molecule has 2 rings (SSSR count). The summed E-state index contributed by atoms with van der Waals surface area (Å²) in [6.07, 6.45) is 3.64. The summed E-state index contributed by atoms with van der Waals surface area (Å²) < 4.78 is 0. The molecule has 1 fully saturated rings. The normalized spacial score (nSPS) is 19.2. The summed E-state index contributed by atoms with van der Waals surface area (Å²) >= 11 is 14.0. The summed E-state index contributed by atoms with van der Waals surface area (Å²) in [4.78, 5) is 0. The van der Waals surface area contributed by atoms with Gasteiger partial charge in [0.25, 0.3) is 0 Å². The first kappa shape index (κ1) is 13.5. The Morgan fingerprint density at radius 2 is 1.94 bits per heavy atom. The molecule has 1 aromatic rings. The number of nitrogens with two attached hydrogens (primary N) is 1. The van der Waals surface area contributed by atoms with Gasteiger partial charge in [0.05, 0.1) is 10.0 Å². The van der Waals surface area contributed by atoms with Gasteiger partial charge in [0, 0.05) is 6.04 Å². The summed E-state index contributed by atoms with van der Waals surface area (Å²) in [5, 5.41) is 1.19. The SMILES string of the molecule is NC(CC1CCSCC1)c1ccc(Cl)c(Cl)c1. The molecule has 0 saturated carbocycles. The van der Waals surface area contributed by atoms with E-state index in [9.17, 15) is 0 Å². The fourth-order valence-corrected chi connectivity index (χ4v) is 3.73. The van der Waals surface area contributed by atoms with E-state index in [0.29, 0.717) is 10.0 Å². The molecule has 0 aliphatic carbocycles. The molecule has 0 amide bonds. The minimum Gasteiger partial charge on any atom is -0.324 e. The van der Waals surface area contributed by atoms with Gasteiger partial charge >= 0.3 is 0 Å². The van der Waals surface area contributed by atoms with Gasteiger partial charge in [-0.1, -0.05) is 29.3 Å². The van der Waals surface area contributed by atoms with Crippen LogP contribution in [0.5, 0.6) is 0 Å². The predicted molar refractivity (Wildman–Crippen MR) is 78.1 cm³/mol. The first-order valence-corrected chi connectivity index (χ1v) is 7.86. The largest absolute Gasteiger partial charge is 0.324 e. The minimum atomic E-state index is 0.0814. The number of hydrogen-bond acceptors (Lipinski definition) is 2. The lowest BCUT2D eigenvalue weighted by Gasteiger charge is -2.24. The lowest BCUT2D eigenvalue weighted by Crippen LogP contribution is -2.18. The van der Waals surface area contributed by atoms with Gasteiger partial charge in [0.1, 0.15) is 0 Å². The number of hydrogen-bond donors (Lipinski definition) is 1. The lowest BCUT2D eigenvalue weighted by atomic mass is 9.91. The summed E-state index contributed by atoms with van der Waals surface area (Å²) in [5.74, 6) is 3.32. The molecule has 0 bridgehead atoms. The molecule has 94 valence electrons. The second kappa shape index (κ2) is 6.33. The third kappa shape index (κ3) is 3.78. The van der Waals surface area contributed by atoms with Crippen LogP contribution in [0, 0.1) is 5.92 Å². The molecule has 1 heterocycles. The molecule has 1 saturated heterocycles. The Labute approximate surface area is 117 Å². The Kier molecular flexibility index (Phi) is 5.04. The Hall–Kier alpha value is 0.110. The number of thioether (sulfide) groups is 1. The van der Waals surface area contributed by atoms with Crippen molar-refractivity contribution in [3.8, 4) is 0 Å². The fraction of sp³-hybridized carbons (Fsp3) is 0.538. The highest BCUT2D eigenvalue weighted by molar-refractivity contribution is 7.99. The summed E-state index contributed by atoms with van der Waals surface area (Å²) in [7, 11) is 0. The van der Waals surface area contributed by atoms with Crippen LogP contribution < -0.4 is 5.73 Å². The Morgan fingerprint density at radius 1 is 1.24 bits per heavy atom. The zero-order valence-electron chi connectivity index (χ0n) is 9.66. The van der Waals surface area contributed by atoms with E-state index in [4.69, 9.17) is 28.9 Å². The topological polar surface area (TPSA) is 26.0 Å². The molecule has 0 radical (unpaired) electrons. The molecular weight excluding hydrogens is 273 g/mol. The number of benzene rings is 1. The highest BCUT2D eigenvalue weighted by Gasteiger charge is 2.18. The van der Waals surface area contributed by atoms with E-state index in [2.05, 4.69) is 0 Å². The molecule has 1 aliphatic rings. The molecule has 1 nitrogen and oxygen atoms in total. The lowest BCUT2D eigenvalue weighted by molar-refractivity contribution is 0.413. The molecular formula is C13H17Cl2NS. The molecule has 1 atom stereocenters. The van der Waals surface area contributed by atoms with Crippen LogP contribution in [0.15, 0.2) is 18.2 Å². The van der Waals surface area contributed by atoms with Gasteiger partial charge in [-0.2, -0.15) is 11.8 Å². The average molecular weight is 290 g/mol. The molecule has 0 spiro atoms. The van der Waals surface area contributed by atoms with Crippen molar-refractivity contribution in [2.75, 3.05) is 11.5 Å². The van der Waals surface area contributed by atoms with Crippen molar-refractivity contribution in [3.05, 3.63) is 33.8 Å². The van der Waals surface area contributed by atoms with Crippen molar-refractivity contribution in [2.45, 2.75) is 25.3 Å². The van der Waals surface area contributed by atoms with Crippen molar-refractivity contribution in [2.24, 2.45) is 11.7 Å². The average Bonchev–Trinajstić information content (AvgIpc) is 2.34. The first-order valence-electron chi connectivity index (χ1n) is 5.95. The predicted octanol–water partition coefficient (Wildman–Crippen LogP) is 4.53. The first-order chi connectivity index (χ1) is 8.16. The maximum atomic E-state index is 6.24. The third-order valence-electron chi connectivity index (χ3n) is 3.30. The smallest absolute Gasteiger partial charge is 0.0595 e. The van der Waals surface area contributed by atoms with E-state index in [1.54, 1.807) is 0 Å². The Bertz CT molecular complexity index is 378. The number of rotatable bonds is 3. The standard InChI is InChI=1S/C13H17Cl2NS/c14-11-2-1-10(8-12(11)15)13(16)7-9-3-5-17-6-4-9/h1-2,8-9,13H,3-7,16H2. The quantitative estimate of drug-likeness (QED) is 0.885. The van der Waals surface area contributed by atoms with Crippen molar-refractivity contribution < 1.29 is 0 Å². The van der Waals surface area contributed by atoms with E-state index in [0.717, 1.165) is 17.9 Å². The van der Waals surface area contributed by atoms with Crippen molar-refractivity contribution >= 4 is 35.0 Å². The Morgan fingerprint density at radius 3 is 2.59 bits per heavy atom. The highest BCUT2D eigenvalue weighted by Crippen LogP contribution is 2.32. The third-order valence-corrected chi connectivity index (χ3v) is 5.09. The van der Waals surface area contributed by atoms with Gasteiger partial charge in [-0.25, -0.2) is 0 Å². The second-order valence-corrected chi connectivity index (χ2v) is 6.61. The minimum absolute atomic E-state index is 0.0814. The zero-order chi connectivity index (χ0) is 12.3. The van der Waals surface area contributed by atoms with Crippen LogP contribution in [0.2, 0.25) is 10.0 Å². The van der Waals surface area contributed by atoms with Crippen molar-refractivity contribution in [1.82, 2.24) is 0 Å². The van der Waals surface area contributed by atoms with Crippen LogP contribution in [-0.4, -0.2) is 11.5 Å². The van der Waals surface area contributed by atoms with Gasteiger partial charge in [0.2, 0.25) is 0 Å². The second-order valence-electron chi connectivity index (χ2n) is 4.57. The molecule has 4 heteroatoms. The summed E-state index contributed by atoms with van der Waals surface area (Å²) in [6.45, 7) is 0. The summed E-state index contributed by atoms with van der Waals surface area (Å²) in [6, 6.07) is 5.79. The van der Waals surface area contributed by atoms with E-state index >= 15 is 0 Å². The van der Waals surface area contributed by atoms with E-state index < -0.39 is 0 Å². The van der Waals surface area contributed by atoms with Crippen molar-refractivity contribution in [1.29, 1.82) is 0 Å². The van der Waals surface area contributed by atoms with Crippen LogP contribution >= 0.6 is 35.0 Å². The van der Waals surface area contributed by atoms with Gasteiger partial charge in [0.15, 0.2) is 0 Å². The number of halogens is 2. The van der Waals surface area contributed by atoms with E-state index in [1.807, 2.05) is 30.0 Å². The Balaban J connectivity index is 1.98. The van der Waals surface area contributed by atoms with E-state index in [-0.39, 0.29) is 6.04 Å². The van der Waals surface area contributed by atoms with Crippen LogP contribution in [0.4, 0.5) is 0 Å². The van der Waals surface area contributed by atoms with Crippen LogP contribution in [-0.2, 0) is 0 Å². The molecule has 2 N–H and O–H groups in total. The molecule has 1 aliphatic heterocycles. The van der Waals surface area contributed by atoms with Gasteiger partial charge < -0.3 is 5.73 Å².